The first-order valence-corrected chi connectivity index (χ1v) is 10.7. The molecule has 0 N–H and O–H groups in total. The van der Waals surface area contributed by atoms with Crippen molar-refractivity contribution in [1.29, 1.82) is 0 Å². The molecule has 170 valence electrons. The van der Waals surface area contributed by atoms with Crippen molar-refractivity contribution in [3.05, 3.63) is 95.4 Å². The third-order valence-electron chi connectivity index (χ3n) is 4.24. The van der Waals surface area contributed by atoms with E-state index in [9.17, 15) is 19.7 Å². The van der Waals surface area contributed by atoms with E-state index >= 15 is 0 Å². The van der Waals surface area contributed by atoms with Gasteiger partial charge >= 0.3 is 11.9 Å². The third kappa shape index (κ3) is 5.51. The minimum absolute atomic E-state index is 0.0204. The molecule has 0 fully saturated rings. The van der Waals surface area contributed by atoms with Crippen LogP contribution in [0.5, 0.6) is 11.5 Å². The maximum Gasteiger partial charge on any atom is 0.330 e. The molecule has 1 unspecified atom stereocenters. The van der Waals surface area contributed by atoms with Gasteiger partial charge in [-0.25, -0.2) is 0 Å². The molecule has 0 radical (unpaired) electrons. The fraction of sp³-hybridized carbons (Fsp3) is 0.0476. The third-order valence-corrected chi connectivity index (χ3v) is 6.48. The maximum atomic E-state index is 13.1. The van der Waals surface area contributed by atoms with Gasteiger partial charge < -0.3 is 9.47 Å². The molecule has 0 amide bonds. The number of non-ortho nitro benzene ring substituents is 1. The minimum Gasteiger partial charge on any atom is -0.426 e. The first-order valence-electron chi connectivity index (χ1n) is 8.86. The van der Waals surface area contributed by atoms with Gasteiger partial charge in [0.25, 0.3) is 5.69 Å². The molecule has 0 aliphatic rings. The molecule has 0 aliphatic heterocycles. The average Bonchev–Trinajstić information content (AvgIpc) is 2.80. The molecule has 1 atom stereocenters. The van der Waals surface area contributed by atoms with Gasteiger partial charge in [-0.05, 0) is 17.7 Å². The summed E-state index contributed by atoms with van der Waals surface area (Å²) in [5, 5.41) is 9.72. The van der Waals surface area contributed by atoms with Gasteiger partial charge in [-0.1, -0.05) is 88.3 Å². The average molecular weight is 550 g/mol. The Kier molecular flexibility index (Phi) is 8.05. The monoisotopic (exact) mass is 547 g/mol. The van der Waals surface area contributed by atoms with Crippen molar-refractivity contribution in [2.45, 2.75) is 5.92 Å². The number of nitro benzene ring substituents is 1. The molecular formula is C21H10Cl5NO6. The summed E-state index contributed by atoms with van der Waals surface area (Å²) in [4.78, 5) is 36.2. The molecule has 12 heteroatoms. The molecule has 0 saturated heterocycles. The van der Waals surface area contributed by atoms with Gasteiger partial charge in [0, 0.05) is 12.1 Å². The molecule has 0 heterocycles. The fourth-order valence-electron chi connectivity index (χ4n) is 2.66. The number of rotatable bonds is 6. The zero-order valence-corrected chi connectivity index (χ0v) is 19.8. The number of carbonyl (C=O) groups is 2. The van der Waals surface area contributed by atoms with Crippen LogP contribution < -0.4 is 9.47 Å². The summed E-state index contributed by atoms with van der Waals surface area (Å²) in [6.45, 7) is 0. The van der Waals surface area contributed by atoms with Crippen molar-refractivity contribution in [3.63, 3.8) is 0 Å². The predicted octanol–water partition coefficient (Wildman–Crippen LogP) is 7.16. The van der Waals surface area contributed by atoms with E-state index in [0.29, 0.717) is 0 Å². The second kappa shape index (κ2) is 10.6. The van der Waals surface area contributed by atoms with Crippen LogP contribution in [0.15, 0.2) is 54.6 Å². The normalized spacial score (nSPS) is 11.5. The van der Waals surface area contributed by atoms with E-state index in [-0.39, 0.29) is 47.9 Å². The van der Waals surface area contributed by atoms with Crippen LogP contribution in [0.2, 0.25) is 25.1 Å². The second-order valence-electron chi connectivity index (χ2n) is 6.34. The fourth-order valence-corrected chi connectivity index (χ4v) is 3.86. The number of nitro groups is 1. The summed E-state index contributed by atoms with van der Waals surface area (Å²) in [6.07, 6.45) is 0. The Morgan fingerprint density at radius 2 is 1.21 bits per heavy atom. The Bertz CT molecular complexity index is 1210. The summed E-state index contributed by atoms with van der Waals surface area (Å²) in [5.74, 6) is -4.08. The Morgan fingerprint density at radius 3 is 1.73 bits per heavy atom. The lowest BCUT2D eigenvalue weighted by Crippen LogP contribution is -2.29. The highest BCUT2D eigenvalue weighted by Gasteiger charge is 2.34. The summed E-state index contributed by atoms with van der Waals surface area (Å²) < 4.78 is 10.5. The standard InChI is InChI=1S/C21H10Cl5NO6/c22-14-15(23)17(25)19(18(26)16(14)24)33-21(29)13(10-4-2-1-3-5-10)20(28)32-12-8-6-11(7-9-12)27(30)31/h1-9,13H. The topological polar surface area (TPSA) is 95.7 Å². The Hall–Kier alpha value is -2.55. The van der Waals surface area contributed by atoms with Gasteiger partial charge in [-0.2, -0.15) is 0 Å². The molecule has 3 aromatic carbocycles. The zero-order chi connectivity index (χ0) is 24.3. The highest BCUT2D eigenvalue weighted by atomic mass is 35.5. The van der Waals surface area contributed by atoms with Crippen LogP contribution in [0.3, 0.4) is 0 Å². The molecule has 0 spiro atoms. The Morgan fingerprint density at radius 1 is 0.727 bits per heavy atom. The van der Waals surface area contributed by atoms with Crippen molar-refractivity contribution >= 4 is 75.6 Å². The van der Waals surface area contributed by atoms with Gasteiger partial charge in [0.15, 0.2) is 11.7 Å². The van der Waals surface area contributed by atoms with Gasteiger partial charge in [0.05, 0.1) is 20.0 Å². The SMILES string of the molecule is O=C(Oc1ccc([N+](=O)[O-])cc1)C(C(=O)Oc1c(Cl)c(Cl)c(Cl)c(Cl)c1Cl)c1ccccc1. The largest absolute Gasteiger partial charge is 0.426 e. The molecule has 33 heavy (non-hydrogen) atoms. The highest BCUT2D eigenvalue weighted by Crippen LogP contribution is 2.48. The van der Waals surface area contributed by atoms with Crippen molar-refractivity contribution in [2.24, 2.45) is 0 Å². The van der Waals surface area contributed by atoms with Crippen LogP contribution in [-0.4, -0.2) is 16.9 Å². The second-order valence-corrected chi connectivity index (χ2v) is 8.23. The Balaban J connectivity index is 1.94. The molecular weight excluding hydrogens is 539 g/mol. The maximum absolute atomic E-state index is 13.1. The molecule has 3 rings (SSSR count). The summed E-state index contributed by atoms with van der Waals surface area (Å²) in [6, 6.07) is 12.6. The van der Waals surface area contributed by atoms with E-state index in [1.165, 1.54) is 24.3 Å². The minimum atomic E-state index is -1.57. The Labute approximate surface area is 211 Å². The van der Waals surface area contributed by atoms with Crippen LogP contribution >= 0.6 is 58.0 Å². The lowest BCUT2D eigenvalue weighted by molar-refractivity contribution is -0.384. The number of esters is 2. The van der Waals surface area contributed by atoms with Crippen LogP contribution in [0.1, 0.15) is 11.5 Å². The van der Waals surface area contributed by atoms with Crippen LogP contribution in [0.4, 0.5) is 5.69 Å². The summed E-state index contributed by atoms with van der Waals surface area (Å²) in [5.41, 5.74) is 0.0439. The van der Waals surface area contributed by atoms with Crippen molar-refractivity contribution in [1.82, 2.24) is 0 Å². The number of ether oxygens (including phenoxy) is 2. The number of hydrogen-bond donors (Lipinski definition) is 0. The van der Waals surface area contributed by atoms with E-state index in [2.05, 4.69) is 0 Å². The molecule has 0 saturated carbocycles. The van der Waals surface area contributed by atoms with E-state index in [4.69, 9.17) is 67.5 Å². The molecule has 0 aliphatic carbocycles. The van der Waals surface area contributed by atoms with Crippen LogP contribution in [-0.2, 0) is 9.59 Å². The molecule has 7 nitrogen and oxygen atoms in total. The number of nitrogens with zero attached hydrogens (tertiary/aromatic N) is 1. The summed E-state index contributed by atoms with van der Waals surface area (Å²) >= 11 is 30.2. The molecule has 3 aromatic rings. The lowest BCUT2D eigenvalue weighted by atomic mass is 9.99. The first kappa shape index (κ1) is 25.1. The summed E-state index contributed by atoms with van der Waals surface area (Å²) in [7, 11) is 0. The van der Waals surface area contributed by atoms with E-state index in [1.54, 1.807) is 18.2 Å². The predicted molar refractivity (Wildman–Crippen MR) is 125 cm³/mol. The van der Waals surface area contributed by atoms with Crippen LogP contribution in [0, 0.1) is 10.1 Å². The van der Waals surface area contributed by atoms with Gasteiger partial charge in [0.2, 0.25) is 0 Å². The first-order chi connectivity index (χ1) is 15.6. The number of carbonyl (C=O) groups excluding carboxylic acids is 2. The zero-order valence-electron chi connectivity index (χ0n) is 16.1. The van der Waals surface area contributed by atoms with Crippen molar-refractivity contribution in [3.8, 4) is 11.5 Å². The van der Waals surface area contributed by atoms with Gasteiger partial charge in [0.1, 0.15) is 15.8 Å². The van der Waals surface area contributed by atoms with E-state index in [0.717, 1.165) is 12.1 Å². The highest BCUT2D eigenvalue weighted by molar-refractivity contribution is 6.55. The van der Waals surface area contributed by atoms with E-state index < -0.39 is 22.8 Å². The van der Waals surface area contributed by atoms with Crippen LogP contribution in [0.25, 0.3) is 0 Å². The van der Waals surface area contributed by atoms with Crippen molar-refractivity contribution < 1.29 is 24.0 Å². The molecule has 0 bridgehead atoms. The van der Waals surface area contributed by atoms with Gasteiger partial charge in [-0.3, -0.25) is 19.7 Å². The quantitative estimate of drug-likeness (QED) is 0.0616. The number of hydrogen-bond acceptors (Lipinski definition) is 6. The number of halogens is 5. The smallest absolute Gasteiger partial charge is 0.330 e. The lowest BCUT2D eigenvalue weighted by Gasteiger charge is -2.17. The molecule has 0 aromatic heterocycles. The number of benzene rings is 3. The van der Waals surface area contributed by atoms with Crippen molar-refractivity contribution in [2.75, 3.05) is 0 Å². The van der Waals surface area contributed by atoms with E-state index in [1.807, 2.05) is 0 Å². The van der Waals surface area contributed by atoms with Gasteiger partial charge in [-0.15, -0.1) is 0 Å².